The summed E-state index contributed by atoms with van der Waals surface area (Å²) in [7, 11) is 0. The number of aromatic amines is 1. The summed E-state index contributed by atoms with van der Waals surface area (Å²) in [6, 6.07) is 3.33. The van der Waals surface area contributed by atoms with Gasteiger partial charge in [-0.15, -0.1) is 0 Å². The van der Waals surface area contributed by atoms with Gasteiger partial charge >= 0.3 is 0 Å². The van der Waals surface area contributed by atoms with Crippen LogP contribution in [0.4, 0.5) is 0 Å². The second kappa shape index (κ2) is 3.59. The second-order valence-corrected chi connectivity index (χ2v) is 3.16. The van der Waals surface area contributed by atoms with Crippen molar-refractivity contribution < 1.29 is 0 Å². The molecule has 0 radical (unpaired) electrons. The molecule has 1 aliphatic rings. The largest absolute Gasteiger partial charge is 0.307 e. The van der Waals surface area contributed by atoms with Crippen molar-refractivity contribution in [3.05, 3.63) is 28.2 Å². The molecule has 1 aromatic rings. The monoisotopic (exact) mass is 193 g/mol. The molecule has 14 heavy (non-hydrogen) atoms. The second-order valence-electron chi connectivity index (χ2n) is 3.16. The average molecular weight is 193 g/mol. The Bertz CT molecular complexity index is 386. The Kier molecular flexibility index (Phi) is 2.28. The molecule has 0 spiro atoms. The van der Waals surface area contributed by atoms with E-state index in [9.17, 15) is 4.79 Å². The summed E-state index contributed by atoms with van der Waals surface area (Å²) in [6.45, 7) is 0. The van der Waals surface area contributed by atoms with Crippen LogP contribution in [0.2, 0.25) is 0 Å². The average Bonchev–Trinajstić information content (AvgIpc) is 3.00. The fraction of sp³-hybridized carbons (Fsp3) is 0.375. The van der Waals surface area contributed by atoms with Crippen molar-refractivity contribution in [2.45, 2.75) is 18.9 Å². The van der Waals surface area contributed by atoms with Crippen molar-refractivity contribution >= 4 is 5.84 Å². The number of nitrogens with one attached hydrogen (secondary N) is 2. The first-order chi connectivity index (χ1) is 6.79. The van der Waals surface area contributed by atoms with Gasteiger partial charge in [-0.3, -0.25) is 9.79 Å². The zero-order valence-electron chi connectivity index (χ0n) is 7.53. The van der Waals surface area contributed by atoms with E-state index in [2.05, 4.69) is 20.6 Å². The number of amidine groups is 1. The Morgan fingerprint density at radius 3 is 2.93 bits per heavy atom. The molecular formula is C8H11N5O. The molecule has 0 unspecified atom stereocenters. The maximum Gasteiger partial charge on any atom is 0.264 e. The van der Waals surface area contributed by atoms with Gasteiger partial charge < -0.3 is 5.43 Å². The highest BCUT2D eigenvalue weighted by Crippen LogP contribution is 2.23. The van der Waals surface area contributed by atoms with Crippen LogP contribution >= 0.6 is 0 Å². The Balaban J connectivity index is 2.26. The van der Waals surface area contributed by atoms with Crippen molar-refractivity contribution in [3.8, 4) is 0 Å². The smallest absolute Gasteiger partial charge is 0.264 e. The summed E-state index contributed by atoms with van der Waals surface area (Å²) < 4.78 is 0. The van der Waals surface area contributed by atoms with E-state index in [1.165, 1.54) is 6.07 Å². The first-order valence-electron chi connectivity index (χ1n) is 4.40. The quantitative estimate of drug-likeness (QED) is 0.246. The molecule has 0 atom stereocenters. The Labute approximate surface area is 80.2 Å². The predicted molar refractivity (Wildman–Crippen MR) is 51.7 cm³/mol. The van der Waals surface area contributed by atoms with Crippen LogP contribution in [0, 0.1) is 0 Å². The van der Waals surface area contributed by atoms with Gasteiger partial charge in [0, 0.05) is 6.07 Å². The van der Waals surface area contributed by atoms with Crippen LogP contribution in [0.5, 0.6) is 0 Å². The summed E-state index contributed by atoms with van der Waals surface area (Å²) in [5.41, 5.74) is 2.79. The lowest BCUT2D eigenvalue weighted by molar-refractivity contribution is 0.923. The van der Waals surface area contributed by atoms with E-state index in [1.54, 1.807) is 6.07 Å². The van der Waals surface area contributed by atoms with Crippen LogP contribution in [0.25, 0.3) is 0 Å². The molecule has 6 heteroatoms. The number of nitrogens with zero attached hydrogens (tertiary/aromatic N) is 2. The molecule has 0 saturated heterocycles. The number of aliphatic imine (C=N–C) groups is 1. The molecule has 1 aromatic heterocycles. The molecular weight excluding hydrogens is 182 g/mol. The summed E-state index contributed by atoms with van der Waals surface area (Å²) in [5.74, 6) is 5.82. The third-order valence-corrected chi connectivity index (χ3v) is 1.92. The lowest BCUT2D eigenvalue weighted by atomic mass is 10.3. The van der Waals surface area contributed by atoms with E-state index in [0.29, 0.717) is 17.6 Å². The number of hydrogen-bond acceptors (Lipinski definition) is 4. The standard InChI is InChI=1S/C8H11N5O/c9-11-8(10-5-1-2-5)6-3-4-7(14)13-12-6/h3-5H,1-2,9H2,(H,10,11)(H,13,14). The van der Waals surface area contributed by atoms with Gasteiger partial charge in [0.1, 0.15) is 5.69 Å². The number of aromatic nitrogens is 2. The third-order valence-electron chi connectivity index (χ3n) is 1.92. The van der Waals surface area contributed by atoms with E-state index < -0.39 is 0 Å². The van der Waals surface area contributed by atoms with Crippen LogP contribution in [-0.2, 0) is 0 Å². The minimum atomic E-state index is -0.239. The number of hydrogen-bond donors (Lipinski definition) is 3. The summed E-state index contributed by atoms with van der Waals surface area (Å²) >= 11 is 0. The zero-order valence-corrected chi connectivity index (χ0v) is 7.53. The van der Waals surface area contributed by atoms with Gasteiger partial charge in [0.15, 0.2) is 5.84 Å². The summed E-state index contributed by atoms with van der Waals surface area (Å²) in [4.78, 5) is 15.1. The van der Waals surface area contributed by atoms with Gasteiger partial charge in [-0.2, -0.15) is 5.10 Å². The van der Waals surface area contributed by atoms with E-state index in [4.69, 9.17) is 5.84 Å². The van der Waals surface area contributed by atoms with Crippen molar-refractivity contribution in [2.75, 3.05) is 0 Å². The Morgan fingerprint density at radius 2 is 2.43 bits per heavy atom. The number of H-pyrrole nitrogens is 1. The van der Waals surface area contributed by atoms with Crippen molar-refractivity contribution in [2.24, 2.45) is 10.8 Å². The molecule has 1 fully saturated rings. The van der Waals surface area contributed by atoms with Gasteiger partial charge in [0.25, 0.3) is 5.56 Å². The normalized spacial score (nSPS) is 16.8. The lowest BCUT2D eigenvalue weighted by Gasteiger charge is -2.02. The zero-order chi connectivity index (χ0) is 9.97. The summed E-state index contributed by atoms with van der Waals surface area (Å²) in [5, 5.41) is 6.15. The highest BCUT2D eigenvalue weighted by molar-refractivity contribution is 5.96. The van der Waals surface area contributed by atoms with Gasteiger partial charge in [-0.25, -0.2) is 10.9 Å². The van der Waals surface area contributed by atoms with Crippen molar-refractivity contribution in [1.82, 2.24) is 15.6 Å². The molecule has 4 N–H and O–H groups in total. The molecule has 1 saturated carbocycles. The molecule has 1 aliphatic carbocycles. The van der Waals surface area contributed by atoms with Gasteiger partial charge in [0.2, 0.25) is 0 Å². The number of rotatable bonds is 2. The molecule has 74 valence electrons. The summed E-state index contributed by atoms with van der Waals surface area (Å²) in [6.07, 6.45) is 2.18. The fourth-order valence-corrected chi connectivity index (χ4v) is 1.04. The Hall–Kier alpha value is -1.69. The molecule has 0 aromatic carbocycles. The predicted octanol–water partition coefficient (Wildman–Crippen LogP) is -0.858. The lowest BCUT2D eigenvalue weighted by Crippen LogP contribution is -2.33. The van der Waals surface area contributed by atoms with Gasteiger partial charge in [-0.05, 0) is 18.9 Å². The van der Waals surface area contributed by atoms with E-state index in [0.717, 1.165) is 12.8 Å². The maximum atomic E-state index is 10.8. The van der Waals surface area contributed by atoms with E-state index in [-0.39, 0.29) is 5.56 Å². The molecule has 0 amide bonds. The van der Waals surface area contributed by atoms with Crippen LogP contribution in [0.15, 0.2) is 21.9 Å². The van der Waals surface area contributed by atoms with E-state index in [1.807, 2.05) is 0 Å². The van der Waals surface area contributed by atoms with Crippen molar-refractivity contribution in [1.29, 1.82) is 0 Å². The Morgan fingerprint density at radius 1 is 1.64 bits per heavy atom. The van der Waals surface area contributed by atoms with Gasteiger partial charge in [-0.1, -0.05) is 0 Å². The molecule has 1 heterocycles. The van der Waals surface area contributed by atoms with Gasteiger partial charge in [0.05, 0.1) is 6.04 Å². The van der Waals surface area contributed by atoms with Crippen LogP contribution in [-0.4, -0.2) is 22.1 Å². The minimum absolute atomic E-state index is 0.239. The van der Waals surface area contributed by atoms with E-state index >= 15 is 0 Å². The fourth-order valence-electron chi connectivity index (χ4n) is 1.04. The number of hydrazine groups is 1. The highest BCUT2D eigenvalue weighted by Gasteiger charge is 2.21. The minimum Gasteiger partial charge on any atom is -0.307 e. The van der Waals surface area contributed by atoms with Crippen molar-refractivity contribution in [3.63, 3.8) is 0 Å². The molecule has 0 aliphatic heterocycles. The molecule has 0 bridgehead atoms. The SMILES string of the molecule is NNC(=NC1CC1)c1ccc(=O)[nH]n1. The topological polar surface area (TPSA) is 96.2 Å². The molecule has 6 nitrogen and oxygen atoms in total. The first-order valence-corrected chi connectivity index (χ1v) is 4.40. The third kappa shape index (κ3) is 1.97. The maximum absolute atomic E-state index is 10.8. The highest BCUT2D eigenvalue weighted by atomic mass is 16.1. The number of nitrogens with two attached hydrogens (primary N) is 1. The first kappa shape index (κ1) is 8.89. The van der Waals surface area contributed by atoms with Crippen LogP contribution in [0.1, 0.15) is 18.5 Å². The van der Waals surface area contributed by atoms with Crippen LogP contribution in [0.3, 0.4) is 0 Å². The van der Waals surface area contributed by atoms with Crippen LogP contribution < -0.4 is 16.8 Å². The molecule has 2 rings (SSSR count).